The Hall–Kier alpha value is -2.31. The van der Waals surface area contributed by atoms with Crippen molar-refractivity contribution < 1.29 is 4.79 Å². The van der Waals surface area contributed by atoms with Crippen LogP contribution in [0.15, 0.2) is 6.20 Å². The first-order valence-corrected chi connectivity index (χ1v) is 6.08. The molecule has 0 saturated carbocycles. The highest BCUT2D eigenvalue weighted by molar-refractivity contribution is 6.06. The van der Waals surface area contributed by atoms with Gasteiger partial charge < -0.3 is 11.1 Å². The fraction of sp³-hybridized carbons (Fsp3) is 0.417. The van der Waals surface area contributed by atoms with E-state index in [1.54, 1.807) is 15.6 Å². The van der Waals surface area contributed by atoms with Crippen molar-refractivity contribution in [2.24, 2.45) is 7.05 Å². The van der Waals surface area contributed by atoms with Gasteiger partial charge >= 0.3 is 0 Å². The number of hydrogen-bond acceptors (Lipinski definition) is 4. The Kier molecular flexibility index (Phi) is 3.28. The number of carbonyl (C=O) groups is 1. The molecule has 0 spiro atoms. The normalized spacial score (nSPS) is 10.7. The van der Waals surface area contributed by atoms with Crippen LogP contribution >= 0.6 is 0 Å². The Morgan fingerprint density at radius 3 is 2.58 bits per heavy atom. The number of nitrogens with zero attached hydrogens (tertiary/aromatic N) is 4. The summed E-state index contributed by atoms with van der Waals surface area (Å²) in [6.07, 6.45) is 1.65. The van der Waals surface area contributed by atoms with Crippen molar-refractivity contribution in [2.75, 3.05) is 11.1 Å². The lowest BCUT2D eigenvalue weighted by Crippen LogP contribution is -2.15. The Labute approximate surface area is 111 Å². The number of amides is 1. The summed E-state index contributed by atoms with van der Waals surface area (Å²) in [4.78, 5) is 12.2. The third kappa shape index (κ3) is 2.31. The zero-order valence-electron chi connectivity index (χ0n) is 11.6. The first kappa shape index (κ1) is 13.1. The van der Waals surface area contributed by atoms with Crippen molar-refractivity contribution in [3.8, 4) is 0 Å². The Bertz CT molecular complexity index is 624. The molecule has 2 aromatic rings. The molecule has 7 nitrogen and oxygen atoms in total. The van der Waals surface area contributed by atoms with Gasteiger partial charge in [-0.1, -0.05) is 0 Å². The van der Waals surface area contributed by atoms with Crippen LogP contribution in [0.1, 0.15) is 28.8 Å². The maximum absolute atomic E-state index is 12.2. The van der Waals surface area contributed by atoms with Crippen LogP contribution in [0.4, 0.5) is 11.4 Å². The molecular weight excluding hydrogens is 244 g/mol. The van der Waals surface area contributed by atoms with E-state index in [1.807, 2.05) is 27.8 Å². The molecule has 0 radical (unpaired) electrons. The van der Waals surface area contributed by atoms with Crippen molar-refractivity contribution in [3.05, 3.63) is 23.3 Å². The van der Waals surface area contributed by atoms with E-state index in [1.165, 1.54) is 0 Å². The second-order valence-corrected chi connectivity index (χ2v) is 4.41. The first-order valence-electron chi connectivity index (χ1n) is 6.08. The van der Waals surface area contributed by atoms with Crippen LogP contribution in [-0.4, -0.2) is 25.5 Å². The number of aromatic nitrogens is 4. The van der Waals surface area contributed by atoms with E-state index < -0.39 is 0 Å². The van der Waals surface area contributed by atoms with Gasteiger partial charge in [0.2, 0.25) is 0 Å². The van der Waals surface area contributed by atoms with Gasteiger partial charge in [-0.3, -0.25) is 14.2 Å². The van der Waals surface area contributed by atoms with Crippen molar-refractivity contribution in [1.82, 2.24) is 19.6 Å². The number of anilines is 2. The lowest BCUT2D eigenvalue weighted by molar-refractivity contribution is 0.102. The van der Waals surface area contributed by atoms with E-state index in [0.29, 0.717) is 17.9 Å². The predicted octanol–water partition coefficient (Wildman–Crippen LogP) is 1.09. The molecule has 0 bridgehead atoms. The SMILES string of the molecule is CCn1cc(N)c(C(=O)Nc2c(C)nn(C)c2C)n1. The maximum atomic E-state index is 12.2. The molecule has 3 N–H and O–H groups in total. The van der Waals surface area contributed by atoms with Crippen molar-refractivity contribution >= 4 is 17.3 Å². The third-order valence-electron chi connectivity index (χ3n) is 3.08. The highest BCUT2D eigenvalue weighted by Crippen LogP contribution is 2.20. The van der Waals surface area contributed by atoms with Gasteiger partial charge in [0, 0.05) is 19.8 Å². The molecule has 102 valence electrons. The number of nitrogens with one attached hydrogen (secondary N) is 1. The van der Waals surface area contributed by atoms with Gasteiger partial charge in [0.25, 0.3) is 5.91 Å². The van der Waals surface area contributed by atoms with Gasteiger partial charge in [-0.2, -0.15) is 10.2 Å². The number of carbonyl (C=O) groups excluding carboxylic acids is 1. The van der Waals surface area contributed by atoms with Gasteiger partial charge in [-0.15, -0.1) is 0 Å². The largest absolute Gasteiger partial charge is 0.396 e. The van der Waals surface area contributed by atoms with Crippen LogP contribution < -0.4 is 11.1 Å². The van der Waals surface area contributed by atoms with Gasteiger partial charge in [-0.25, -0.2) is 0 Å². The molecule has 0 saturated heterocycles. The van der Waals surface area contributed by atoms with Crippen molar-refractivity contribution in [3.63, 3.8) is 0 Å². The van der Waals surface area contributed by atoms with Crippen LogP contribution in [-0.2, 0) is 13.6 Å². The molecule has 0 aliphatic heterocycles. The zero-order chi connectivity index (χ0) is 14.2. The number of aryl methyl sites for hydroxylation is 3. The minimum atomic E-state index is -0.316. The number of nitrogens with two attached hydrogens (primary N) is 1. The molecule has 0 unspecified atom stereocenters. The second-order valence-electron chi connectivity index (χ2n) is 4.41. The Balaban J connectivity index is 2.28. The van der Waals surface area contributed by atoms with Crippen LogP contribution in [0, 0.1) is 13.8 Å². The van der Waals surface area contributed by atoms with E-state index in [9.17, 15) is 4.79 Å². The van der Waals surface area contributed by atoms with Crippen LogP contribution in [0.3, 0.4) is 0 Å². The molecule has 0 aromatic carbocycles. The first-order chi connectivity index (χ1) is 8.93. The minimum absolute atomic E-state index is 0.240. The number of hydrogen-bond donors (Lipinski definition) is 2. The van der Waals surface area contributed by atoms with Gasteiger partial charge in [0.05, 0.1) is 22.8 Å². The Morgan fingerprint density at radius 1 is 1.42 bits per heavy atom. The van der Waals surface area contributed by atoms with E-state index >= 15 is 0 Å². The molecule has 0 fully saturated rings. The standard InChI is InChI=1S/C12H18N6O/c1-5-18-6-9(13)11(16-18)12(19)14-10-7(2)15-17(4)8(10)3/h6H,5,13H2,1-4H3,(H,14,19). The number of rotatable bonds is 3. The van der Waals surface area contributed by atoms with Gasteiger partial charge in [0.1, 0.15) is 0 Å². The van der Waals surface area contributed by atoms with Gasteiger partial charge in [-0.05, 0) is 20.8 Å². The molecule has 19 heavy (non-hydrogen) atoms. The molecule has 2 aromatic heterocycles. The molecule has 0 aliphatic carbocycles. The summed E-state index contributed by atoms with van der Waals surface area (Å²) >= 11 is 0. The molecule has 7 heteroatoms. The quantitative estimate of drug-likeness (QED) is 0.866. The van der Waals surface area contributed by atoms with E-state index in [2.05, 4.69) is 15.5 Å². The Morgan fingerprint density at radius 2 is 2.11 bits per heavy atom. The lowest BCUT2D eigenvalue weighted by Gasteiger charge is -2.04. The summed E-state index contributed by atoms with van der Waals surface area (Å²) in [5, 5.41) is 11.2. The maximum Gasteiger partial charge on any atom is 0.278 e. The smallest absolute Gasteiger partial charge is 0.278 e. The monoisotopic (exact) mass is 262 g/mol. The molecule has 0 atom stereocenters. The fourth-order valence-electron chi connectivity index (χ4n) is 1.90. The average molecular weight is 262 g/mol. The minimum Gasteiger partial charge on any atom is -0.396 e. The van der Waals surface area contributed by atoms with E-state index in [0.717, 1.165) is 11.4 Å². The highest BCUT2D eigenvalue weighted by Gasteiger charge is 2.18. The lowest BCUT2D eigenvalue weighted by atomic mass is 10.3. The van der Waals surface area contributed by atoms with Crippen LogP contribution in [0.2, 0.25) is 0 Å². The molecule has 1 amide bonds. The summed E-state index contributed by atoms with van der Waals surface area (Å²) in [5.74, 6) is -0.316. The number of nitrogen functional groups attached to an aromatic ring is 1. The third-order valence-corrected chi connectivity index (χ3v) is 3.08. The van der Waals surface area contributed by atoms with Crippen molar-refractivity contribution in [1.29, 1.82) is 0 Å². The van der Waals surface area contributed by atoms with Crippen LogP contribution in [0.5, 0.6) is 0 Å². The summed E-state index contributed by atoms with van der Waals surface area (Å²) < 4.78 is 3.35. The summed E-state index contributed by atoms with van der Waals surface area (Å²) in [7, 11) is 1.83. The van der Waals surface area contributed by atoms with Gasteiger partial charge in [0.15, 0.2) is 5.69 Å². The molecule has 2 rings (SSSR count). The molecule has 2 heterocycles. The van der Waals surface area contributed by atoms with Crippen LogP contribution in [0.25, 0.3) is 0 Å². The zero-order valence-corrected chi connectivity index (χ0v) is 11.6. The average Bonchev–Trinajstić information content (AvgIpc) is 2.85. The topological polar surface area (TPSA) is 90.8 Å². The fourth-order valence-corrected chi connectivity index (χ4v) is 1.90. The predicted molar refractivity (Wildman–Crippen MR) is 72.9 cm³/mol. The summed E-state index contributed by atoms with van der Waals surface area (Å²) in [6.45, 7) is 6.34. The molecular formula is C12H18N6O. The summed E-state index contributed by atoms with van der Waals surface area (Å²) in [6, 6.07) is 0. The second kappa shape index (κ2) is 4.75. The molecule has 0 aliphatic rings. The summed E-state index contributed by atoms with van der Waals surface area (Å²) in [5.41, 5.74) is 8.76. The van der Waals surface area contributed by atoms with E-state index in [-0.39, 0.29) is 11.6 Å². The highest BCUT2D eigenvalue weighted by atomic mass is 16.2. The van der Waals surface area contributed by atoms with E-state index in [4.69, 9.17) is 5.73 Å². The van der Waals surface area contributed by atoms with Crippen molar-refractivity contribution in [2.45, 2.75) is 27.3 Å².